The highest BCUT2D eigenvalue weighted by atomic mass is 35.5. The number of amides is 5. The van der Waals surface area contributed by atoms with Crippen molar-refractivity contribution in [3.8, 4) is 22.6 Å². The van der Waals surface area contributed by atoms with Crippen molar-refractivity contribution < 1.29 is 51.4 Å². The van der Waals surface area contributed by atoms with Gasteiger partial charge in [0.1, 0.15) is 17.5 Å². The van der Waals surface area contributed by atoms with Gasteiger partial charge in [0.15, 0.2) is 18.1 Å². The number of hydrogen-bond donors (Lipinski definition) is 3. The Hall–Kier alpha value is -7.22. The van der Waals surface area contributed by atoms with E-state index in [4.69, 9.17) is 26.5 Å². The van der Waals surface area contributed by atoms with Crippen LogP contribution in [0.2, 0.25) is 5.02 Å². The Kier molecular flexibility index (Phi) is 12.2. The minimum atomic E-state index is -4.79. The third-order valence-electron chi connectivity index (χ3n) is 12.8. The molecule has 0 radical (unpaired) electrons. The molecule has 2 atom stereocenters. The number of Topliss-reactive ketones (excluding diaryl/α,β-unsaturated/α-hetero) is 1. The molecule has 2 fully saturated rings. The summed E-state index contributed by atoms with van der Waals surface area (Å²) in [4.78, 5) is 81.0. The summed E-state index contributed by atoms with van der Waals surface area (Å²) in [7, 11) is 1.70. The molecule has 3 N–H and O–H groups in total. The minimum Gasteiger partial charge on any atom is -0.491 e. The summed E-state index contributed by atoms with van der Waals surface area (Å²) in [5.41, 5.74) is 1.22. The van der Waals surface area contributed by atoms with Crippen molar-refractivity contribution in [2.75, 3.05) is 31.2 Å². The number of halogens is 4. The molecule has 0 aliphatic carbocycles. The lowest BCUT2D eigenvalue weighted by Gasteiger charge is -2.34. The number of anilines is 1. The molecule has 0 spiro atoms. The zero-order valence-corrected chi connectivity index (χ0v) is 37.6. The molecular formula is C47H45ClF3N9O8. The summed E-state index contributed by atoms with van der Waals surface area (Å²) in [5, 5.41) is 17.6. The van der Waals surface area contributed by atoms with Crippen LogP contribution in [0, 0.1) is 11.3 Å². The van der Waals surface area contributed by atoms with Crippen LogP contribution in [0.5, 0.6) is 11.5 Å². The van der Waals surface area contributed by atoms with E-state index in [9.17, 15) is 41.9 Å². The Morgan fingerprint density at radius 3 is 2.40 bits per heavy atom. The van der Waals surface area contributed by atoms with Crippen LogP contribution in [0.15, 0.2) is 67.1 Å². The van der Waals surface area contributed by atoms with E-state index in [0.29, 0.717) is 42.7 Å². The summed E-state index contributed by atoms with van der Waals surface area (Å²) in [6.45, 7) is 2.53. The fraction of sp³-hybridized carbons (Fsp3) is 0.362. The number of carbonyl (C=O) groups is 6. The van der Waals surface area contributed by atoms with Crippen LogP contribution >= 0.6 is 11.6 Å². The normalized spacial score (nSPS) is 18.6. The van der Waals surface area contributed by atoms with Crippen LogP contribution in [0.4, 0.5) is 18.9 Å². The van der Waals surface area contributed by atoms with Crippen molar-refractivity contribution in [2.45, 2.75) is 70.4 Å². The number of aromatic nitrogens is 4. The van der Waals surface area contributed by atoms with Crippen molar-refractivity contribution >= 4 is 52.6 Å². The van der Waals surface area contributed by atoms with Gasteiger partial charge >= 0.3 is 6.18 Å². The number of aryl methyl sites for hydroxylation is 2. The summed E-state index contributed by atoms with van der Waals surface area (Å²) in [5.74, 6) is -3.53. The number of nitrogens with one attached hydrogen (secondary N) is 3. The van der Waals surface area contributed by atoms with Crippen molar-refractivity contribution in [1.29, 1.82) is 5.41 Å². The topological polar surface area (TPSA) is 203 Å². The van der Waals surface area contributed by atoms with Gasteiger partial charge in [0.05, 0.1) is 40.8 Å². The molecule has 17 nitrogen and oxygen atoms in total. The molecule has 3 aromatic carbocycles. The molecule has 5 aromatic rings. The number of ether oxygens (including phenoxy) is 2. The average Bonchev–Trinajstić information content (AvgIpc) is 3.97. The van der Waals surface area contributed by atoms with Crippen LogP contribution in [-0.4, -0.2) is 97.5 Å². The van der Waals surface area contributed by atoms with E-state index in [-0.39, 0.29) is 113 Å². The number of fused-ring (bicyclic) bond motifs is 2. The van der Waals surface area contributed by atoms with Gasteiger partial charge in [-0.2, -0.15) is 18.3 Å². The number of imidazole rings is 1. The molecule has 0 bridgehead atoms. The third kappa shape index (κ3) is 8.87. The molecule has 0 saturated carbocycles. The number of ketones is 1. The first kappa shape index (κ1) is 45.9. The van der Waals surface area contributed by atoms with Crippen molar-refractivity contribution in [1.82, 2.24) is 34.4 Å². The maximum absolute atomic E-state index is 14.4. The SMILES string of the molecule is CCn1cc(-c2cc(Cn3ccn(C)c3=N)cc3c2OCC(Cc2ccc(Cl)c(OCC(=O)NC4CCN(c5ccc6c(c5)C(=O)N(C5CCC(=O)NC5=O)C6=O)CC4)c2)C3=O)c(C(F)(F)F)n1. The Labute approximate surface area is 391 Å². The third-order valence-corrected chi connectivity index (χ3v) is 13.1. The number of piperidine rings is 2. The van der Waals surface area contributed by atoms with Gasteiger partial charge in [0, 0.05) is 74.5 Å². The van der Waals surface area contributed by atoms with Gasteiger partial charge in [-0.15, -0.1) is 0 Å². The smallest absolute Gasteiger partial charge is 0.435 e. The van der Waals surface area contributed by atoms with Crippen molar-refractivity contribution in [2.24, 2.45) is 13.0 Å². The second-order valence-electron chi connectivity index (χ2n) is 17.3. The fourth-order valence-corrected chi connectivity index (χ4v) is 9.38. The van der Waals surface area contributed by atoms with E-state index < -0.39 is 47.5 Å². The van der Waals surface area contributed by atoms with E-state index in [0.717, 1.165) is 4.90 Å². The fourth-order valence-electron chi connectivity index (χ4n) is 9.21. The zero-order chi connectivity index (χ0) is 48.2. The summed E-state index contributed by atoms with van der Waals surface area (Å²) in [6.07, 6.45) is 1.24. The number of carbonyl (C=O) groups excluding carboxylic acids is 6. The monoisotopic (exact) mass is 955 g/mol. The molecule has 2 aromatic heterocycles. The number of hydrogen-bond acceptors (Lipinski definition) is 11. The second-order valence-corrected chi connectivity index (χ2v) is 17.7. The summed E-state index contributed by atoms with van der Waals surface area (Å²) >= 11 is 6.49. The molecule has 2 unspecified atom stereocenters. The molecular weight excluding hydrogens is 911 g/mol. The van der Waals surface area contributed by atoms with Gasteiger partial charge in [0.2, 0.25) is 17.4 Å². The molecule has 4 aliphatic heterocycles. The van der Waals surface area contributed by atoms with Crippen LogP contribution in [-0.2, 0) is 47.1 Å². The maximum Gasteiger partial charge on any atom is 0.435 e. The molecule has 21 heteroatoms. The van der Waals surface area contributed by atoms with E-state index in [1.807, 2.05) is 4.90 Å². The molecule has 9 rings (SSSR count). The van der Waals surface area contributed by atoms with Gasteiger partial charge in [-0.3, -0.25) is 49.1 Å². The zero-order valence-electron chi connectivity index (χ0n) is 36.8. The first-order valence-corrected chi connectivity index (χ1v) is 22.4. The van der Waals surface area contributed by atoms with E-state index in [1.54, 1.807) is 84.0 Å². The maximum atomic E-state index is 14.4. The lowest BCUT2D eigenvalue weighted by atomic mass is 9.86. The predicted molar refractivity (Wildman–Crippen MR) is 237 cm³/mol. The highest BCUT2D eigenvalue weighted by Gasteiger charge is 2.45. The van der Waals surface area contributed by atoms with Gasteiger partial charge in [0.25, 0.3) is 17.7 Å². The highest BCUT2D eigenvalue weighted by Crippen LogP contribution is 2.44. The number of alkyl halides is 3. The Morgan fingerprint density at radius 1 is 0.941 bits per heavy atom. The van der Waals surface area contributed by atoms with Gasteiger partial charge in [-0.1, -0.05) is 17.7 Å². The van der Waals surface area contributed by atoms with E-state index in [2.05, 4.69) is 15.7 Å². The Balaban J connectivity index is 0.832. The lowest BCUT2D eigenvalue weighted by molar-refractivity contribution is -0.141. The Morgan fingerprint density at radius 2 is 1.69 bits per heavy atom. The highest BCUT2D eigenvalue weighted by molar-refractivity contribution is 6.32. The molecule has 6 heterocycles. The number of rotatable bonds is 12. The van der Waals surface area contributed by atoms with E-state index in [1.165, 1.54) is 10.9 Å². The number of nitrogens with zero attached hydrogens (tertiary/aromatic N) is 6. The largest absolute Gasteiger partial charge is 0.491 e. The van der Waals surface area contributed by atoms with Gasteiger partial charge < -0.3 is 28.8 Å². The minimum absolute atomic E-state index is 0.0228. The van der Waals surface area contributed by atoms with Gasteiger partial charge in [-0.05, 0) is 86.2 Å². The summed E-state index contributed by atoms with van der Waals surface area (Å²) in [6, 6.07) is 11.8. The van der Waals surface area contributed by atoms with Crippen LogP contribution in [0.1, 0.15) is 80.5 Å². The van der Waals surface area contributed by atoms with Crippen LogP contribution < -0.4 is 30.6 Å². The van der Waals surface area contributed by atoms with Gasteiger partial charge in [-0.25, -0.2) is 0 Å². The quantitative estimate of drug-likeness (QED) is 0.144. The molecule has 5 amide bonds. The average molecular weight is 956 g/mol. The van der Waals surface area contributed by atoms with Crippen LogP contribution in [0.3, 0.4) is 0 Å². The standard InChI is InChI=1S/C47H45ClF3N9O8/c1-3-59-22-34(42(55-59)47(49,50)51)31-17-26(21-58-15-14-56(2)46(58)52)18-33-40(63)27(23-68-41(31)33)16-25-4-7-35(48)37(19-25)67-24-39(62)53-28-10-12-57(13-11-28)29-5-6-30-32(20-29)45(66)60(44(30)65)36-8-9-38(61)54-43(36)64/h4-7,14-15,17-20,22,27-28,36,52H,3,8-13,16,21,23-24H2,1-2H3,(H,53,62)(H,54,61,64). The second kappa shape index (κ2) is 18.1. The molecule has 354 valence electrons. The summed E-state index contributed by atoms with van der Waals surface area (Å²) < 4.78 is 59.5. The van der Waals surface area contributed by atoms with Crippen molar-refractivity contribution in [3.05, 3.63) is 111 Å². The predicted octanol–water partition coefficient (Wildman–Crippen LogP) is 4.91. The Bertz CT molecular complexity index is 2970. The number of benzene rings is 3. The van der Waals surface area contributed by atoms with Crippen molar-refractivity contribution in [3.63, 3.8) is 0 Å². The lowest BCUT2D eigenvalue weighted by Crippen LogP contribution is -2.54. The first-order valence-electron chi connectivity index (χ1n) is 22.0. The van der Waals surface area contributed by atoms with Crippen LogP contribution in [0.25, 0.3) is 11.1 Å². The molecule has 4 aliphatic rings. The molecule has 2 saturated heterocycles. The number of imide groups is 2. The van der Waals surface area contributed by atoms with E-state index >= 15 is 0 Å². The molecule has 68 heavy (non-hydrogen) atoms. The first-order chi connectivity index (χ1) is 32.5.